The van der Waals surface area contributed by atoms with Crippen molar-refractivity contribution < 1.29 is 23.8 Å². The second-order valence-electron chi connectivity index (χ2n) is 6.22. The van der Waals surface area contributed by atoms with Gasteiger partial charge in [0.05, 0.1) is 18.8 Å². The summed E-state index contributed by atoms with van der Waals surface area (Å²) in [6.07, 6.45) is 4.62. The summed E-state index contributed by atoms with van der Waals surface area (Å²) < 4.78 is 16.2. The first-order valence-electron chi connectivity index (χ1n) is 7.97. The van der Waals surface area contributed by atoms with E-state index in [0.717, 1.165) is 25.7 Å². The first kappa shape index (κ1) is 16.3. The van der Waals surface area contributed by atoms with E-state index in [4.69, 9.17) is 14.2 Å². The lowest BCUT2D eigenvalue weighted by Gasteiger charge is -2.49. The van der Waals surface area contributed by atoms with Gasteiger partial charge in [0, 0.05) is 6.61 Å². The molecule has 2 rings (SSSR count). The Morgan fingerprint density at radius 1 is 1.19 bits per heavy atom. The summed E-state index contributed by atoms with van der Waals surface area (Å²) in [7, 11) is 0. The van der Waals surface area contributed by atoms with Crippen molar-refractivity contribution in [2.24, 2.45) is 11.3 Å². The van der Waals surface area contributed by atoms with Crippen molar-refractivity contribution in [1.29, 1.82) is 0 Å². The van der Waals surface area contributed by atoms with Crippen LogP contribution in [-0.2, 0) is 23.8 Å². The van der Waals surface area contributed by atoms with E-state index in [-0.39, 0.29) is 24.7 Å². The van der Waals surface area contributed by atoms with Gasteiger partial charge in [0.25, 0.3) is 0 Å². The van der Waals surface area contributed by atoms with E-state index in [2.05, 4.69) is 0 Å². The minimum Gasteiger partial charge on any atom is -0.465 e. The van der Waals surface area contributed by atoms with Gasteiger partial charge in [-0.25, -0.2) is 0 Å². The molecular weight excluding hydrogens is 272 g/mol. The lowest BCUT2D eigenvalue weighted by Crippen LogP contribution is -2.53. The largest absolute Gasteiger partial charge is 0.465 e. The van der Waals surface area contributed by atoms with E-state index in [1.807, 2.05) is 0 Å². The molecule has 1 atom stereocenters. The van der Waals surface area contributed by atoms with Crippen molar-refractivity contribution in [2.45, 2.75) is 58.5 Å². The van der Waals surface area contributed by atoms with Crippen LogP contribution in [0.3, 0.4) is 0 Å². The molecule has 0 radical (unpaired) electrons. The zero-order valence-corrected chi connectivity index (χ0v) is 13.3. The van der Waals surface area contributed by atoms with Crippen LogP contribution in [0, 0.1) is 11.3 Å². The van der Waals surface area contributed by atoms with Gasteiger partial charge < -0.3 is 14.2 Å². The van der Waals surface area contributed by atoms with Crippen LogP contribution < -0.4 is 0 Å². The average Bonchev–Trinajstić information content (AvgIpc) is 2.45. The molecule has 1 saturated carbocycles. The Kier molecular flexibility index (Phi) is 4.91. The highest BCUT2D eigenvalue weighted by Gasteiger charge is 2.55. The molecule has 0 aromatic heterocycles. The number of carbonyl (C=O) groups is 2. The van der Waals surface area contributed by atoms with Crippen molar-refractivity contribution in [3.63, 3.8) is 0 Å². The summed E-state index contributed by atoms with van der Waals surface area (Å²) in [5.74, 6) is -1.01. The van der Waals surface area contributed by atoms with E-state index in [9.17, 15) is 9.59 Å². The van der Waals surface area contributed by atoms with Crippen molar-refractivity contribution >= 4 is 11.9 Å². The van der Waals surface area contributed by atoms with Gasteiger partial charge in [-0.15, -0.1) is 0 Å². The molecule has 5 heteroatoms. The van der Waals surface area contributed by atoms with E-state index in [1.165, 1.54) is 0 Å². The van der Waals surface area contributed by atoms with E-state index >= 15 is 0 Å². The Balaban J connectivity index is 2.21. The van der Waals surface area contributed by atoms with Crippen LogP contribution >= 0.6 is 0 Å². The van der Waals surface area contributed by atoms with Crippen molar-refractivity contribution in [3.8, 4) is 0 Å². The van der Waals surface area contributed by atoms with Crippen molar-refractivity contribution in [1.82, 2.24) is 0 Å². The zero-order chi connectivity index (χ0) is 15.5. The fraction of sp³-hybridized carbons (Fsp3) is 0.875. The summed E-state index contributed by atoms with van der Waals surface area (Å²) in [6, 6.07) is 0. The number of ether oxygens (including phenoxy) is 3. The third kappa shape index (κ3) is 2.93. The zero-order valence-electron chi connectivity index (χ0n) is 13.3. The number of hydrogen-bond acceptors (Lipinski definition) is 5. The summed E-state index contributed by atoms with van der Waals surface area (Å²) in [4.78, 5) is 24.9. The average molecular weight is 298 g/mol. The molecule has 1 spiro atoms. The minimum absolute atomic E-state index is 0.0790. The predicted molar refractivity (Wildman–Crippen MR) is 76.6 cm³/mol. The molecule has 1 aliphatic carbocycles. The summed E-state index contributed by atoms with van der Waals surface area (Å²) in [5.41, 5.74) is -1.35. The molecule has 1 unspecified atom stereocenters. The Hall–Kier alpha value is -1.10. The number of rotatable bonds is 5. The number of esters is 2. The van der Waals surface area contributed by atoms with Gasteiger partial charge in [-0.3, -0.25) is 9.59 Å². The fourth-order valence-electron chi connectivity index (χ4n) is 3.42. The van der Waals surface area contributed by atoms with Gasteiger partial charge in [-0.05, 0) is 58.8 Å². The monoisotopic (exact) mass is 298 g/mol. The smallest absolute Gasteiger partial charge is 0.323 e. The van der Waals surface area contributed by atoms with Crippen molar-refractivity contribution in [3.05, 3.63) is 0 Å². The quantitative estimate of drug-likeness (QED) is 0.576. The molecule has 0 aromatic carbocycles. The van der Waals surface area contributed by atoms with Crippen LogP contribution in [0.5, 0.6) is 0 Å². The van der Waals surface area contributed by atoms with Gasteiger partial charge in [-0.1, -0.05) is 0 Å². The van der Waals surface area contributed by atoms with Gasteiger partial charge in [0.1, 0.15) is 0 Å². The first-order chi connectivity index (χ1) is 9.98. The Labute approximate surface area is 126 Å². The van der Waals surface area contributed by atoms with Crippen LogP contribution in [0.15, 0.2) is 0 Å². The van der Waals surface area contributed by atoms with Crippen LogP contribution in [0.4, 0.5) is 0 Å². The molecule has 1 heterocycles. The van der Waals surface area contributed by atoms with Gasteiger partial charge in [0.15, 0.2) is 5.41 Å². The maximum absolute atomic E-state index is 12.4. The maximum atomic E-state index is 12.4. The van der Waals surface area contributed by atoms with Crippen molar-refractivity contribution in [2.75, 3.05) is 19.8 Å². The van der Waals surface area contributed by atoms with Gasteiger partial charge in [0.2, 0.25) is 0 Å². The highest BCUT2D eigenvalue weighted by Crippen LogP contribution is 2.49. The molecule has 0 aromatic rings. The molecule has 2 aliphatic rings. The molecule has 5 nitrogen and oxygen atoms in total. The molecule has 2 fully saturated rings. The van der Waals surface area contributed by atoms with Gasteiger partial charge in [-0.2, -0.15) is 0 Å². The lowest BCUT2D eigenvalue weighted by atomic mass is 9.64. The van der Waals surface area contributed by atoms with E-state index < -0.39 is 17.4 Å². The minimum atomic E-state index is -1.22. The third-order valence-electron chi connectivity index (χ3n) is 4.97. The Morgan fingerprint density at radius 3 is 2.19 bits per heavy atom. The molecule has 21 heavy (non-hydrogen) atoms. The van der Waals surface area contributed by atoms with Crippen LogP contribution in [0.25, 0.3) is 0 Å². The number of hydrogen-bond donors (Lipinski definition) is 0. The summed E-state index contributed by atoms with van der Waals surface area (Å²) >= 11 is 0. The summed E-state index contributed by atoms with van der Waals surface area (Å²) in [6.45, 7) is 6.30. The molecule has 1 saturated heterocycles. The van der Waals surface area contributed by atoms with E-state index in [1.54, 1.807) is 20.8 Å². The SMILES string of the molecule is CCOC(=O)C(C)(C(=O)OCC)C1CCOC2(CCC2)C1. The highest BCUT2D eigenvalue weighted by molar-refractivity contribution is 6.00. The predicted octanol–water partition coefficient (Wildman–Crippen LogP) is 2.47. The molecule has 120 valence electrons. The molecule has 0 bridgehead atoms. The fourth-order valence-corrected chi connectivity index (χ4v) is 3.42. The lowest BCUT2D eigenvalue weighted by molar-refractivity contribution is -0.191. The van der Waals surface area contributed by atoms with Crippen LogP contribution in [-0.4, -0.2) is 37.4 Å². The summed E-state index contributed by atoms with van der Waals surface area (Å²) in [5, 5.41) is 0. The van der Waals surface area contributed by atoms with Crippen LogP contribution in [0.2, 0.25) is 0 Å². The molecule has 0 amide bonds. The molecular formula is C16H26O5. The molecule has 1 aliphatic heterocycles. The maximum Gasteiger partial charge on any atom is 0.323 e. The van der Waals surface area contributed by atoms with Crippen LogP contribution in [0.1, 0.15) is 52.9 Å². The second kappa shape index (κ2) is 6.34. The normalized spacial score (nSPS) is 24.2. The van der Waals surface area contributed by atoms with E-state index in [0.29, 0.717) is 13.0 Å². The third-order valence-corrected chi connectivity index (χ3v) is 4.97. The van der Waals surface area contributed by atoms with Gasteiger partial charge >= 0.3 is 11.9 Å². The Morgan fingerprint density at radius 2 is 1.76 bits per heavy atom. The number of carbonyl (C=O) groups excluding carboxylic acids is 2. The Bertz CT molecular complexity index is 381. The molecule has 0 N–H and O–H groups in total. The topological polar surface area (TPSA) is 61.8 Å². The standard InChI is InChI=1S/C16H26O5/c1-4-19-13(17)15(3,14(18)20-5-2)12-7-10-21-16(11-12)8-6-9-16/h12H,4-11H2,1-3H3. The highest BCUT2D eigenvalue weighted by atomic mass is 16.6. The second-order valence-corrected chi connectivity index (χ2v) is 6.22. The first-order valence-corrected chi connectivity index (χ1v) is 7.97.